The average molecular weight is 250 g/mol. The monoisotopic (exact) mass is 250 g/mol. The van der Waals surface area contributed by atoms with E-state index in [0.29, 0.717) is 17.8 Å². The van der Waals surface area contributed by atoms with Gasteiger partial charge in [0.2, 0.25) is 0 Å². The molecular formula is C13H22N4O. The molecule has 2 unspecified atom stereocenters. The standard InChI is InChI=1S/C13H22N4O/c1-8(2)11-12(14)15-7-16-13(11)17-10-5-3-4-9(10)6-18/h7-10,18H,3-6H2,1-2H3,(H3,14,15,16,17). The van der Waals surface area contributed by atoms with Crippen LogP contribution in [0, 0.1) is 5.92 Å². The molecule has 0 aliphatic heterocycles. The molecule has 100 valence electrons. The highest BCUT2D eigenvalue weighted by atomic mass is 16.3. The first-order valence-corrected chi connectivity index (χ1v) is 6.61. The summed E-state index contributed by atoms with van der Waals surface area (Å²) in [5.41, 5.74) is 6.90. The fraction of sp³-hybridized carbons (Fsp3) is 0.692. The van der Waals surface area contributed by atoms with Gasteiger partial charge in [-0.2, -0.15) is 0 Å². The van der Waals surface area contributed by atoms with Crippen molar-refractivity contribution >= 4 is 11.6 Å². The van der Waals surface area contributed by atoms with Crippen molar-refractivity contribution < 1.29 is 5.11 Å². The highest BCUT2D eigenvalue weighted by Gasteiger charge is 2.28. The molecule has 1 saturated carbocycles. The SMILES string of the molecule is CC(C)c1c(N)ncnc1NC1CCCC1CO. The molecule has 5 nitrogen and oxygen atoms in total. The summed E-state index contributed by atoms with van der Waals surface area (Å²) in [6.45, 7) is 4.39. The number of nitrogens with zero attached hydrogens (tertiary/aromatic N) is 2. The molecule has 18 heavy (non-hydrogen) atoms. The number of hydrogen-bond donors (Lipinski definition) is 3. The van der Waals surface area contributed by atoms with Gasteiger partial charge in [-0.25, -0.2) is 9.97 Å². The van der Waals surface area contributed by atoms with Crippen molar-refractivity contribution in [2.75, 3.05) is 17.7 Å². The van der Waals surface area contributed by atoms with E-state index in [4.69, 9.17) is 5.73 Å². The van der Waals surface area contributed by atoms with Crippen LogP contribution in [0.1, 0.15) is 44.6 Å². The van der Waals surface area contributed by atoms with Gasteiger partial charge in [-0.1, -0.05) is 20.3 Å². The quantitative estimate of drug-likeness (QED) is 0.758. The van der Waals surface area contributed by atoms with Crippen LogP contribution in [0.5, 0.6) is 0 Å². The number of aliphatic hydroxyl groups excluding tert-OH is 1. The Balaban J connectivity index is 2.21. The largest absolute Gasteiger partial charge is 0.396 e. The van der Waals surface area contributed by atoms with Gasteiger partial charge in [-0.3, -0.25) is 0 Å². The summed E-state index contributed by atoms with van der Waals surface area (Å²) in [7, 11) is 0. The second-order valence-electron chi connectivity index (χ2n) is 5.30. The van der Waals surface area contributed by atoms with Crippen molar-refractivity contribution in [3.63, 3.8) is 0 Å². The minimum absolute atomic E-state index is 0.231. The van der Waals surface area contributed by atoms with E-state index in [1.54, 1.807) is 0 Å². The van der Waals surface area contributed by atoms with E-state index in [2.05, 4.69) is 29.1 Å². The molecule has 2 rings (SSSR count). The number of aliphatic hydroxyl groups is 1. The second-order valence-corrected chi connectivity index (χ2v) is 5.30. The summed E-state index contributed by atoms with van der Waals surface area (Å²) in [6.07, 6.45) is 4.80. The molecule has 1 fully saturated rings. The molecule has 0 aromatic carbocycles. The molecule has 2 atom stereocenters. The summed E-state index contributed by atoms with van der Waals surface area (Å²) < 4.78 is 0. The Hall–Kier alpha value is -1.36. The van der Waals surface area contributed by atoms with Crippen LogP contribution in [-0.2, 0) is 0 Å². The summed E-state index contributed by atoms with van der Waals surface area (Å²) >= 11 is 0. The third kappa shape index (κ3) is 2.56. The van der Waals surface area contributed by atoms with E-state index in [9.17, 15) is 5.11 Å². The van der Waals surface area contributed by atoms with Gasteiger partial charge in [0, 0.05) is 24.1 Å². The maximum atomic E-state index is 9.35. The highest BCUT2D eigenvalue weighted by Crippen LogP contribution is 2.31. The maximum absolute atomic E-state index is 9.35. The zero-order chi connectivity index (χ0) is 13.1. The maximum Gasteiger partial charge on any atom is 0.135 e. The van der Waals surface area contributed by atoms with Gasteiger partial charge < -0.3 is 16.2 Å². The van der Waals surface area contributed by atoms with E-state index >= 15 is 0 Å². The summed E-state index contributed by atoms with van der Waals surface area (Å²) in [6, 6.07) is 0.293. The number of rotatable bonds is 4. The molecule has 1 aromatic rings. The fourth-order valence-corrected chi connectivity index (χ4v) is 2.71. The Morgan fingerprint density at radius 1 is 1.44 bits per heavy atom. The third-order valence-electron chi connectivity index (χ3n) is 3.71. The molecule has 1 aliphatic rings. The smallest absolute Gasteiger partial charge is 0.135 e. The Kier molecular flexibility index (Phi) is 4.01. The van der Waals surface area contributed by atoms with Crippen molar-refractivity contribution in [2.45, 2.75) is 45.1 Å². The first kappa shape index (κ1) is 13.1. The van der Waals surface area contributed by atoms with Crippen molar-refractivity contribution in [3.8, 4) is 0 Å². The van der Waals surface area contributed by atoms with Crippen molar-refractivity contribution in [2.24, 2.45) is 5.92 Å². The zero-order valence-corrected chi connectivity index (χ0v) is 11.1. The van der Waals surface area contributed by atoms with E-state index in [1.807, 2.05) is 0 Å². The van der Waals surface area contributed by atoms with E-state index in [0.717, 1.165) is 30.6 Å². The summed E-state index contributed by atoms with van der Waals surface area (Å²) in [5.74, 6) is 1.97. The van der Waals surface area contributed by atoms with Crippen molar-refractivity contribution in [1.29, 1.82) is 0 Å². The molecule has 4 N–H and O–H groups in total. The van der Waals surface area contributed by atoms with Gasteiger partial charge in [0.15, 0.2) is 0 Å². The van der Waals surface area contributed by atoms with Crippen molar-refractivity contribution in [3.05, 3.63) is 11.9 Å². The predicted octanol–water partition coefficient (Wildman–Crippen LogP) is 1.76. The van der Waals surface area contributed by atoms with E-state index in [1.165, 1.54) is 6.33 Å². The predicted molar refractivity (Wildman–Crippen MR) is 72.4 cm³/mol. The summed E-state index contributed by atoms with van der Waals surface area (Å²) in [5, 5.41) is 12.8. The lowest BCUT2D eigenvalue weighted by molar-refractivity contribution is 0.222. The Bertz CT molecular complexity index is 408. The second kappa shape index (κ2) is 5.52. The number of anilines is 2. The van der Waals surface area contributed by atoms with Crippen LogP contribution in [0.3, 0.4) is 0 Å². The highest BCUT2D eigenvalue weighted by molar-refractivity contribution is 5.57. The minimum Gasteiger partial charge on any atom is -0.396 e. The topological polar surface area (TPSA) is 84.1 Å². The molecule has 5 heteroatoms. The van der Waals surface area contributed by atoms with Gasteiger partial charge in [-0.05, 0) is 18.8 Å². The Morgan fingerprint density at radius 2 is 2.22 bits per heavy atom. The molecule has 0 spiro atoms. The molecule has 0 radical (unpaired) electrons. The van der Waals surface area contributed by atoms with Gasteiger partial charge in [0.05, 0.1) is 0 Å². The molecule has 0 bridgehead atoms. The van der Waals surface area contributed by atoms with E-state index in [-0.39, 0.29) is 12.5 Å². The van der Waals surface area contributed by atoms with Crippen molar-refractivity contribution in [1.82, 2.24) is 9.97 Å². The van der Waals surface area contributed by atoms with Crippen LogP contribution >= 0.6 is 0 Å². The number of nitrogens with one attached hydrogen (secondary N) is 1. The Morgan fingerprint density at radius 3 is 2.89 bits per heavy atom. The van der Waals surface area contributed by atoms with Crippen LogP contribution in [0.15, 0.2) is 6.33 Å². The first-order valence-electron chi connectivity index (χ1n) is 6.61. The molecular weight excluding hydrogens is 228 g/mol. The van der Waals surface area contributed by atoms with E-state index < -0.39 is 0 Å². The average Bonchev–Trinajstić information content (AvgIpc) is 2.76. The van der Waals surface area contributed by atoms with Gasteiger partial charge in [-0.15, -0.1) is 0 Å². The fourth-order valence-electron chi connectivity index (χ4n) is 2.71. The van der Waals surface area contributed by atoms with Crippen LogP contribution in [0.25, 0.3) is 0 Å². The lowest BCUT2D eigenvalue weighted by Crippen LogP contribution is -2.27. The van der Waals surface area contributed by atoms with Crippen LogP contribution in [0.4, 0.5) is 11.6 Å². The first-order chi connectivity index (χ1) is 8.63. The molecule has 1 aliphatic carbocycles. The molecule has 0 amide bonds. The van der Waals surface area contributed by atoms with Gasteiger partial charge >= 0.3 is 0 Å². The van der Waals surface area contributed by atoms with Crippen LogP contribution in [0.2, 0.25) is 0 Å². The lowest BCUT2D eigenvalue weighted by atomic mass is 10.0. The molecule has 1 aromatic heterocycles. The van der Waals surface area contributed by atoms with Crippen LogP contribution < -0.4 is 11.1 Å². The number of hydrogen-bond acceptors (Lipinski definition) is 5. The number of nitrogens with two attached hydrogens (primary N) is 1. The Labute approximate surface area is 108 Å². The normalized spacial score (nSPS) is 23.6. The lowest BCUT2D eigenvalue weighted by Gasteiger charge is -2.22. The molecule has 0 saturated heterocycles. The number of aromatic nitrogens is 2. The molecule has 1 heterocycles. The zero-order valence-electron chi connectivity index (χ0n) is 11.1. The third-order valence-corrected chi connectivity index (χ3v) is 3.71. The minimum atomic E-state index is 0.231. The number of nitrogen functional groups attached to an aromatic ring is 1. The van der Waals surface area contributed by atoms with Crippen LogP contribution in [-0.4, -0.2) is 27.7 Å². The van der Waals surface area contributed by atoms with Gasteiger partial charge in [0.1, 0.15) is 18.0 Å². The van der Waals surface area contributed by atoms with Gasteiger partial charge in [0.25, 0.3) is 0 Å². The summed E-state index contributed by atoms with van der Waals surface area (Å²) in [4.78, 5) is 8.36.